The molecule has 0 heterocycles. The highest BCUT2D eigenvalue weighted by Gasteiger charge is 2.31. The summed E-state index contributed by atoms with van der Waals surface area (Å²) in [5, 5.41) is 17.5. The molecule has 0 aliphatic rings. The first-order chi connectivity index (χ1) is 7.29. The molecule has 0 aliphatic heterocycles. The van der Waals surface area contributed by atoms with Gasteiger partial charge in [-0.3, -0.25) is 0 Å². The van der Waals surface area contributed by atoms with Crippen molar-refractivity contribution in [1.82, 2.24) is 0 Å². The van der Waals surface area contributed by atoms with Gasteiger partial charge in [-0.25, -0.2) is 4.79 Å². The Labute approximate surface area is 87.9 Å². The molecule has 16 heavy (non-hydrogen) atoms. The van der Waals surface area contributed by atoms with E-state index < -0.39 is 24.2 Å². The maximum absolute atomic E-state index is 11.8. The highest BCUT2D eigenvalue weighted by atomic mass is 19.4. The molecule has 7 heteroatoms. The van der Waals surface area contributed by atoms with Gasteiger partial charge < -0.3 is 14.9 Å². The second kappa shape index (κ2) is 4.40. The zero-order chi connectivity index (χ0) is 12.3. The van der Waals surface area contributed by atoms with E-state index >= 15 is 0 Å². The third kappa shape index (κ3) is 3.43. The molecular weight excluding hydrogens is 229 g/mol. The number of hydrogen-bond acceptors (Lipinski definition) is 3. The van der Waals surface area contributed by atoms with Crippen LogP contribution in [0.3, 0.4) is 0 Å². The highest BCUT2D eigenvalue weighted by molar-refractivity contribution is 5.74. The molecule has 0 amide bonds. The van der Waals surface area contributed by atoms with E-state index in [0.29, 0.717) is 0 Å². The van der Waals surface area contributed by atoms with E-state index in [1.807, 2.05) is 0 Å². The Kier molecular flexibility index (Phi) is 3.38. The lowest BCUT2D eigenvalue weighted by Crippen LogP contribution is -2.17. The van der Waals surface area contributed by atoms with Crippen LogP contribution in [0.5, 0.6) is 5.75 Å². The molecule has 0 fully saturated rings. The van der Waals surface area contributed by atoms with Gasteiger partial charge in [0, 0.05) is 0 Å². The van der Waals surface area contributed by atoms with Crippen molar-refractivity contribution in [3.63, 3.8) is 0 Å². The lowest BCUT2D eigenvalue weighted by atomic mass is 10.1. The first kappa shape index (κ1) is 12.3. The summed E-state index contributed by atoms with van der Waals surface area (Å²) >= 11 is 0. The van der Waals surface area contributed by atoms with E-state index in [1.54, 1.807) is 0 Å². The van der Waals surface area contributed by atoms with E-state index in [9.17, 15) is 18.0 Å². The van der Waals surface area contributed by atoms with Crippen molar-refractivity contribution in [2.24, 2.45) is 0 Å². The number of aliphatic hydroxyl groups is 1. The quantitative estimate of drug-likeness (QED) is 0.838. The van der Waals surface area contributed by atoms with Crippen LogP contribution in [0.15, 0.2) is 24.3 Å². The Balaban J connectivity index is 2.91. The van der Waals surface area contributed by atoms with Crippen LogP contribution in [0.4, 0.5) is 13.2 Å². The molecule has 0 saturated heterocycles. The number of aliphatic carboxylic acids is 1. The van der Waals surface area contributed by atoms with E-state index in [0.717, 1.165) is 18.2 Å². The van der Waals surface area contributed by atoms with E-state index in [2.05, 4.69) is 4.74 Å². The lowest BCUT2D eigenvalue weighted by Gasteiger charge is -2.11. The first-order valence-electron chi connectivity index (χ1n) is 4.06. The molecule has 4 nitrogen and oxygen atoms in total. The van der Waals surface area contributed by atoms with Crippen molar-refractivity contribution in [2.75, 3.05) is 0 Å². The number of aliphatic hydroxyl groups excluding tert-OH is 1. The fraction of sp³-hybridized carbons (Fsp3) is 0.222. The van der Waals surface area contributed by atoms with Crippen LogP contribution >= 0.6 is 0 Å². The lowest BCUT2D eigenvalue weighted by molar-refractivity contribution is -0.274. The molecule has 0 aliphatic carbocycles. The Hall–Kier alpha value is -1.76. The molecule has 2 N–H and O–H groups in total. The van der Waals surface area contributed by atoms with Crippen molar-refractivity contribution in [2.45, 2.75) is 12.5 Å². The Morgan fingerprint density at radius 3 is 2.50 bits per heavy atom. The van der Waals surface area contributed by atoms with Crippen LogP contribution < -0.4 is 4.74 Å². The number of hydrogen-bond donors (Lipinski definition) is 2. The van der Waals surface area contributed by atoms with Crippen molar-refractivity contribution in [1.29, 1.82) is 0 Å². The number of ether oxygens (including phenoxy) is 1. The largest absolute Gasteiger partial charge is 0.573 e. The summed E-state index contributed by atoms with van der Waals surface area (Å²) in [6.07, 6.45) is -6.73. The van der Waals surface area contributed by atoms with Gasteiger partial charge in [-0.05, 0) is 17.7 Å². The Bertz CT molecular complexity index is 389. The van der Waals surface area contributed by atoms with Gasteiger partial charge in [0.15, 0.2) is 6.10 Å². The van der Waals surface area contributed by atoms with Gasteiger partial charge in [-0.15, -0.1) is 13.2 Å². The zero-order valence-electron chi connectivity index (χ0n) is 7.73. The molecule has 0 bridgehead atoms. The molecule has 0 saturated carbocycles. The van der Waals surface area contributed by atoms with Crippen molar-refractivity contribution in [3.05, 3.63) is 29.8 Å². The van der Waals surface area contributed by atoms with Crippen LogP contribution in [0, 0.1) is 0 Å². The second-order valence-electron chi connectivity index (χ2n) is 2.86. The fourth-order valence-corrected chi connectivity index (χ4v) is 1.02. The van der Waals surface area contributed by atoms with Crippen molar-refractivity contribution in [3.8, 4) is 5.75 Å². The summed E-state index contributed by atoms with van der Waals surface area (Å²) in [6.45, 7) is 0. The Morgan fingerprint density at radius 1 is 1.38 bits per heavy atom. The maximum atomic E-state index is 11.8. The molecule has 0 aromatic heterocycles. The molecule has 0 spiro atoms. The van der Waals surface area contributed by atoms with Crippen LogP contribution in [0.25, 0.3) is 0 Å². The molecule has 0 unspecified atom stereocenters. The zero-order valence-corrected chi connectivity index (χ0v) is 7.73. The normalized spacial score (nSPS) is 13.2. The van der Waals surface area contributed by atoms with E-state index in [-0.39, 0.29) is 5.56 Å². The number of halogens is 3. The summed E-state index contributed by atoms with van der Waals surface area (Å²) in [7, 11) is 0. The van der Waals surface area contributed by atoms with Crippen LogP contribution in [-0.4, -0.2) is 22.5 Å². The van der Waals surface area contributed by atoms with Gasteiger partial charge >= 0.3 is 12.3 Å². The molecule has 1 aromatic carbocycles. The topological polar surface area (TPSA) is 66.8 Å². The number of carboxylic acid groups (broad SMARTS) is 1. The van der Waals surface area contributed by atoms with E-state index in [1.165, 1.54) is 6.07 Å². The Morgan fingerprint density at radius 2 is 2.00 bits per heavy atom. The SMILES string of the molecule is O=C(O)[C@H](O)c1cccc(OC(F)(F)F)c1. The molecule has 1 rings (SSSR count). The number of alkyl halides is 3. The highest BCUT2D eigenvalue weighted by Crippen LogP contribution is 2.25. The third-order valence-corrected chi connectivity index (χ3v) is 1.64. The van der Waals surface area contributed by atoms with Crippen molar-refractivity contribution < 1.29 is 32.9 Å². The van der Waals surface area contributed by atoms with Gasteiger partial charge in [0.1, 0.15) is 5.75 Å². The average molecular weight is 236 g/mol. The first-order valence-corrected chi connectivity index (χ1v) is 4.06. The smallest absolute Gasteiger partial charge is 0.479 e. The number of carbonyl (C=O) groups is 1. The molecule has 88 valence electrons. The third-order valence-electron chi connectivity index (χ3n) is 1.64. The molecule has 0 radical (unpaired) electrons. The minimum Gasteiger partial charge on any atom is -0.479 e. The maximum Gasteiger partial charge on any atom is 0.573 e. The number of rotatable bonds is 3. The van der Waals surface area contributed by atoms with Gasteiger partial charge in [0.05, 0.1) is 0 Å². The summed E-state index contributed by atoms with van der Waals surface area (Å²) in [5.74, 6) is -2.13. The summed E-state index contributed by atoms with van der Waals surface area (Å²) < 4.78 is 39.1. The standard InChI is InChI=1S/C9H7F3O4/c10-9(11,12)16-6-3-1-2-5(4-6)7(13)8(14)15/h1-4,7,13H,(H,14,15)/t7-/m1/s1. The van der Waals surface area contributed by atoms with Crippen LogP contribution in [0.2, 0.25) is 0 Å². The second-order valence-corrected chi connectivity index (χ2v) is 2.86. The summed E-state index contributed by atoms with van der Waals surface area (Å²) in [6, 6.07) is 4.16. The van der Waals surface area contributed by atoms with E-state index in [4.69, 9.17) is 10.2 Å². The number of benzene rings is 1. The monoisotopic (exact) mass is 236 g/mol. The van der Waals surface area contributed by atoms with Gasteiger partial charge in [-0.1, -0.05) is 12.1 Å². The number of carboxylic acids is 1. The summed E-state index contributed by atoms with van der Waals surface area (Å²) in [5.41, 5.74) is -0.186. The van der Waals surface area contributed by atoms with Crippen LogP contribution in [0.1, 0.15) is 11.7 Å². The van der Waals surface area contributed by atoms with Gasteiger partial charge in [0.2, 0.25) is 0 Å². The minimum atomic E-state index is -4.85. The minimum absolute atomic E-state index is 0.186. The van der Waals surface area contributed by atoms with Crippen LogP contribution in [-0.2, 0) is 4.79 Å². The van der Waals surface area contributed by atoms with Gasteiger partial charge in [-0.2, -0.15) is 0 Å². The van der Waals surface area contributed by atoms with Gasteiger partial charge in [0.25, 0.3) is 0 Å². The molecule has 1 aromatic rings. The molecule has 1 atom stereocenters. The fourth-order valence-electron chi connectivity index (χ4n) is 1.02. The average Bonchev–Trinajstić information content (AvgIpc) is 2.14. The molecular formula is C9H7F3O4. The summed E-state index contributed by atoms with van der Waals surface area (Å²) in [4.78, 5) is 10.4. The predicted molar refractivity (Wildman–Crippen MR) is 45.7 cm³/mol. The van der Waals surface area contributed by atoms with Crippen molar-refractivity contribution >= 4 is 5.97 Å². The predicted octanol–water partition coefficient (Wildman–Crippen LogP) is 1.70.